The van der Waals surface area contributed by atoms with Crippen LogP contribution in [0.25, 0.3) is 11.1 Å². The maximum atomic E-state index is 12.5. The molecule has 2 rings (SSSR count). The van der Waals surface area contributed by atoms with Gasteiger partial charge in [-0.05, 0) is 33.3 Å². The first-order valence-corrected chi connectivity index (χ1v) is 8.19. The van der Waals surface area contributed by atoms with E-state index in [0.29, 0.717) is 23.4 Å². The molecule has 0 saturated carbocycles. The number of carbonyl (C=O) groups is 3. The van der Waals surface area contributed by atoms with Gasteiger partial charge in [0.15, 0.2) is 0 Å². The van der Waals surface area contributed by atoms with E-state index < -0.39 is 17.7 Å². The van der Waals surface area contributed by atoms with E-state index in [0.717, 1.165) is 5.56 Å². The normalized spacial score (nSPS) is 10.4. The Hall–Kier alpha value is -2.89. The Labute approximate surface area is 146 Å². The highest BCUT2D eigenvalue weighted by Crippen LogP contribution is 2.31. The van der Waals surface area contributed by atoms with Crippen LogP contribution in [0.3, 0.4) is 0 Å². The number of benzene rings is 1. The van der Waals surface area contributed by atoms with Gasteiger partial charge < -0.3 is 15.0 Å². The molecule has 132 valence electrons. The molecule has 0 aliphatic rings. The van der Waals surface area contributed by atoms with Crippen LogP contribution in [0, 0.1) is 13.8 Å². The van der Waals surface area contributed by atoms with Crippen LogP contribution < -0.4 is 5.32 Å². The molecule has 1 heterocycles. The number of likely N-dealkylation sites (N-methyl/N-ethyl adjacent to an activating group) is 1. The number of aryl methyl sites for hydroxylation is 2. The smallest absolute Gasteiger partial charge is 0.340 e. The highest BCUT2D eigenvalue weighted by molar-refractivity contribution is 6.43. The summed E-state index contributed by atoms with van der Waals surface area (Å²) in [5.74, 6) is -1.95. The zero-order valence-corrected chi connectivity index (χ0v) is 14.9. The molecule has 0 atom stereocenters. The van der Waals surface area contributed by atoms with E-state index in [1.54, 1.807) is 20.8 Å². The van der Waals surface area contributed by atoms with Crippen molar-refractivity contribution in [1.29, 1.82) is 0 Å². The number of nitrogens with one attached hydrogen (secondary N) is 2. The molecule has 6 heteroatoms. The maximum Gasteiger partial charge on any atom is 0.340 e. The summed E-state index contributed by atoms with van der Waals surface area (Å²) >= 11 is 0. The van der Waals surface area contributed by atoms with Gasteiger partial charge in [-0.3, -0.25) is 9.59 Å². The summed E-state index contributed by atoms with van der Waals surface area (Å²) in [5.41, 5.74) is 2.97. The van der Waals surface area contributed by atoms with Crippen LogP contribution in [-0.2, 0) is 9.53 Å². The maximum absolute atomic E-state index is 12.5. The first-order chi connectivity index (χ1) is 11.9. The Kier molecular flexibility index (Phi) is 5.75. The number of hydrogen-bond donors (Lipinski definition) is 2. The zero-order valence-electron chi connectivity index (χ0n) is 14.9. The van der Waals surface area contributed by atoms with E-state index in [-0.39, 0.29) is 17.9 Å². The van der Waals surface area contributed by atoms with Crippen LogP contribution >= 0.6 is 0 Å². The first kappa shape index (κ1) is 18.4. The Bertz CT molecular complexity index is 804. The fourth-order valence-electron chi connectivity index (χ4n) is 2.62. The molecule has 0 aliphatic heterocycles. The summed E-state index contributed by atoms with van der Waals surface area (Å²) in [6, 6.07) is 7.39. The lowest BCUT2D eigenvalue weighted by atomic mass is 9.97. The third-order valence-electron chi connectivity index (χ3n) is 3.78. The highest BCUT2D eigenvalue weighted by Gasteiger charge is 2.29. The van der Waals surface area contributed by atoms with Gasteiger partial charge in [-0.15, -0.1) is 0 Å². The molecule has 6 nitrogen and oxygen atoms in total. The topological polar surface area (TPSA) is 88.3 Å². The van der Waals surface area contributed by atoms with Crippen molar-refractivity contribution in [2.45, 2.75) is 27.7 Å². The van der Waals surface area contributed by atoms with Crippen molar-refractivity contribution in [3.63, 3.8) is 0 Å². The zero-order chi connectivity index (χ0) is 18.6. The van der Waals surface area contributed by atoms with E-state index >= 15 is 0 Å². The largest absolute Gasteiger partial charge is 0.462 e. The second-order valence-corrected chi connectivity index (χ2v) is 5.65. The fraction of sp³-hybridized carbons (Fsp3) is 0.316. The van der Waals surface area contributed by atoms with Gasteiger partial charge in [-0.1, -0.05) is 29.8 Å². The Morgan fingerprint density at radius 2 is 1.72 bits per heavy atom. The van der Waals surface area contributed by atoms with Crippen molar-refractivity contribution < 1.29 is 19.1 Å². The lowest BCUT2D eigenvalue weighted by molar-refractivity contribution is -0.116. The summed E-state index contributed by atoms with van der Waals surface area (Å²) in [7, 11) is 0. The number of Topliss-reactive ketones (excluding diaryl/α,β-unsaturated/α-hetero) is 1. The second-order valence-electron chi connectivity index (χ2n) is 5.65. The van der Waals surface area contributed by atoms with Crippen molar-refractivity contribution >= 4 is 17.7 Å². The van der Waals surface area contributed by atoms with E-state index in [9.17, 15) is 14.4 Å². The minimum absolute atomic E-state index is 0.0929. The van der Waals surface area contributed by atoms with Gasteiger partial charge in [0.1, 0.15) is 5.69 Å². The number of amides is 1. The fourth-order valence-corrected chi connectivity index (χ4v) is 2.62. The van der Waals surface area contributed by atoms with Gasteiger partial charge in [-0.2, -0.15) is 0 Å². The molecule has 1 aromatic heterocycles. The second kappa shape index (κ2) is 7.79. The first-order valence-electron chi connectivity index (χ1n) is 8.19. The summed E-state index contributed by atoms with van der Waals surface area (Å²) in [6.07, 6.45) is 0. The SMILES string of the molecule is CCNC(=O)C(=O)c1[nH]c(C)c(C(=O)OCC)c1-c1ccc(C)cc1. The van der Waals surface area contributed by atoms with Gasteiger partial charge in [0.05, 0.1) is 12.2 Å². The van der Waals surface area contributed by atoms with Crippen molar-refractivity contribution in [3.05, 3.63) is 46.8 Å². The molecule has 2 aromatic rings. The average Bonchev–Trinajstić information content (AvgIpc) is 2.92. The number of rotatable bonds is 6. The molecular weight excluding hydrogens is 320 g/mol. The van der Waals surface area contributed by atoms with Crippen LogP contribution in [-0.4, -0.2) is 35.8 Å². The molecule has 0 aliphatic carbocycles. The molecule has 2 N–H and O–H groups in total. The van der Waals surface area contributed by atoms with Crippen molar-refractivity contribution in [2.24, 2.45) is 0 Å². The Morgan fingerprint density at radius 3 is 2.28 bits per heavy atom. The van der Waals surface area contributed by atoms with E-state index in [1.165, 1.54) is 0 Å². The molecule has 1 aromatic carbocycles. The lowest BCUT2D eigenvalue weighted by Gasteiger charge is -2.08. The monoisotopic (exact) mass is 342 g/mol. The molecule has 0 radical (unpaired) electrons. The third-order valence-corrected chi connectivity index (χ3v) is 3.78. The van der Waals surface area contributed by atoms with Crippen molar-refractivity contribution in [3.8, 4) is 11.1 Å². The number of esters is 1. The highest BCUT2D eigenvalue weighted by atomic mass is 16.5. The summed E-state index contributed by atoms with van der Waals surface area (Å²) in [4.78, 5) is 39.8. The van der Waals surface area contributed by atoms with Gasteiger partial charge in [-0.25, -0.2) is 4.79 Å². The van der Waals surface area contributed by atoms with Crippen LogP contribution in [0.2, 0.25) is 0 Å². The quantitative estimate of drug-likeness (QED) is 0.480. The van der Waals surface area contributed by atoms with Crippen LogP contribution in [0.4, 0.5) is 0 Å². The Balaban J connectivity index is 2.65. The minimum Gasteiger partial charge on any atom is -0.462 e. The lowest BCUT2D eigenvalue weighted by Crippen LogP contribution is -2.31. The number of aromatic nitrogens is 1. The molecule has 0 fully saturated rings. The number of ether oxygens (including phenoxy) is 1. The summed E-state index contributed by atoms with van der Waals surface area (Å²) in [6.45, 7) is 7.63. The molecule has 1 amide bonds. The molecule has 0 saturated heterocycles. The standard InChI is InChI=1S/C19H22N2O4/c1-5-20-18(23)17(22)16-15(13-9-7-11(3)8-10-13)14(12(4)21-16)19(24)25-6-2/h7-10,21H,5-6H2,1-4H3,(H,20,23). The molecular formula is C19H22N2O4. The number of hydrogen-bond acceptors (Lipinski definition) is 4. The predicted molar refractivity (Wildman–Crippen MR) is 94.7 cm³/mol. The van der Waals surface area contributed by atoms with E-state index in [2.05, 4.69) is 10.3 Å². The summed E-state index contributed by atoms with van der Waals surface area (Å²) in [5, 5.41) is 2.49. The molecule has 0 bridgehead atoms. The van der Waals surface area contributed by atoms with Gasteiger partial charge in [0.25, 0.3) is 11.7 Å². The van der Waals surface area contributed by atoms with Crippen molar-refractivity contribution in [1.82, 2.24) is 10.3 Å². The van der Waals surface area contributed by atoms with Gasteiger partial charge in [0.2, 0.25) is 0 Å². The number of ketones is 1. The summed E-state index contributed by atoms with van der Waals surface area (Å²) < 4.78 is 5.12. The number of carbonyl (C=O) groups excluding carboxylic acids is 3. The molecule has 0 unspecified atom stereocenters. The molecule has 0 spiro atoms. The van der Waals surface area contributed by atoms with Crippen molar-refractivity contribution in [2.75, 3.05) is 13.2 Å². The van der Waals surface area contributed by atoms with E-state index in [1.807, 2.05) is 31.2 Å². The predicted octanol–water partition coefficient (Wildman–Crippen LogP) is 2.79. The number of aromatic amines is 1. The van der Waals surface area contributed by atoms with E-state index in [4.69, 9.17) is 4.74 Å². The third kappa shape index (κ3) is 3.79. The van der Waals surface area contributed by atoms with Gasteiger partial charge >= 0.3 is 5.97 Å². The Morgan fingerprint density at radius 1 is 1.08 bits per heavy atom. The number of H-pyrrole nitrogens is 1. The minimum atomic E-state index is -0.715. The molecule has 25 heavy (non-hydrogen) atoms. The van der Waals surface area contributed by atoms with Gasteiger partial charge in [0, 0.05) is 17.8 Å². The van der Waals surface area contributed by atoms with Crippen LogP contribution in [0.15, 0.2) is 24.3 Å². The van der Waals surface area contributed by atoms with Crippen LogP contribution in [0.1, 0.15) is 46.0 Å². The average molecular weight is 342 g/mol. The van der Waals surface area contributed by atoms with Crippen LogP contribution in [0.5, 0.6) is 0 Å².